The van der Waals surface area contributed by atoms with Gasteiger partial charge in [-0.15, -0.1) is 0 Å². The lowest BCUT2D eigenvalue weighted by Gasteiger charge is -1.99. The molecule has 0 bridgehead atoms. The van der Waals surface area contributed by atoms with E-state index in [0.29, 0.717) is 21.6 Å². The molecule has 5 N–H and O–H groups in total. The molecule has 4 heterocycles. The first-order chi connectivity index (χ1) is 17.1. The fourth-order valence-electron chi connectivity index (χ4n) is 3.38. The summed E-state index contributed by atoms with van der Waals surface area (Å²) in [5.41, 5.74) is 11.0. The van der Waals surface area contributed by atoms with Crippen molar-refractivity contribution in [2.45, 2.75) is 0 Å². The number of fused-ring (bicyclic) bond motifs is 2. The molecule has 2 aromatic carbocycles. The predicted molar refractivity (Wildman–Crippen MR) is 139 cm³/mol. The van der Waals surface area contributed by atoms with Gasteiger partial charge < -0.3 is 10.5 Å². The second-order valence-corrected chi connectivity index (χ2v) is 9.32. The van der Waals surface area contributed by atoms with Gasteiger partial charge in [0.2, 0.25) is 0 Å². The Balaban J connectivity index is 0.000000151. The number of hydrogen-bond donors (Lipinski definition) is 4. The summed E-state index contributed by atoms with van der Waals surface area (Å²) in [7, 11) is 1.47. The molecule has 0 atom stereocenters. The van der Waals surface area contributed by atoms with Crippen LogP contribution in [-0.2, 0) is 9.53 Å². The first kappa shape index (κ1) is 22.7. The molecule has 0 saturated carbocycles. The maximum Gasteiger partial charge on any atom is 0.252 e. The highest BCUT2D eigenvalue weighted by molar-refractivity contribution is 7.23. The number of amides is 1. The van der Waals surface area contributed by atoms with Gasteiger partial charge in [-0.3, -0.25) is 20.3 Å². The molecule has 12 heteroatoms. The van der Waals surface area contributed by atoms with Crippen molar-refractivity contribution in [3.8, 4) is 22.5 Å². The lowest BCUT2D eigenvalue weighted by atomic mass is 10.2. The number of aromatic amines is 2. The number of H-pyrrole nitrogens is 2. The summed E-state index contributed by atoms with van der Waals surface area (Å²) in [5.74, 6) is -0.228. The number of ether oxygens (including phenoxy) is 1. The van der Waals surface area contributed by atoms with E-state index in [-0.39, 0.29) is 12.5 Å². The van der Waals surface area contributed by atoms with E-state index >= 15 is 0 Å². The van der Waals surface area contributed by atoms with Crippen molar-refractivity contribution in [3.63, 3.8) is 0 Å². The molecular weight excluding hydrogens is 484 g/mol. The zero-order valence-electron chi connectivity index (χ0n) is 18.5. The zero-order chi connectivity index (χ0) is 24.2. The third-order valence-electron chi connectivity index (χ3n) is 4.88. The van der Waals surface area contributed by atoms with E-state index in [2.05, 4.69) is 35.7 Å². The molecule has 1 amide bonds. The summed E-state index contributed by atoms with van der Waals surface area (Å²) >= 11 is 2.84. The molecule has 0 spiro atoms. The minimum absolute atomic E-state index is 0.00883. The van der Waals surface area contributed by atoms with Gasteiger partial charge in [0.15, 0.2) is 21.6 Å². The zero-order valence-corrected chi connectivity index (χ0v) is 20.1. The summed E-state index contributed by atoms with van der Waals surface area (Å²) in [5, 5.41) is 18.0. The Kier molecular flexibility index (Phi) is 6.48. The number of aromatic nitrogens is 6. The largest absolute Gasteiger partial charge is 0.375 e. The van der Waals surface area contributed by atoms with E-state index in [9.17, 15) is 4.79 Å². The number of nitrogens with zero attached hydrogens (tertiary/aromatic N) is 4. The molecule has 0 radical (unpaired) electrons. The number of nitrogens with two attached hydrogens (primary N) is 1. The molecule has 0 aliphatic rings. The Bertz CT molecular complexity index is 1570. The van der Waals surface area contributed by atoms with Crippen molar-refractivity contribution >= 4 is 59.5 Å². The Labute approximate surface area is 207 Å². The van der Waals surface area contributed by atoms with Crippen LogP contribution >= 0.6 is 22.7 Å². The van der Waals surface area contributed by atoms with Crippen molar-refractivity contribution in [2.75, 3.05) is 24.8 Å². The van der Waals surface area contributed by atoms with Crippen molar-refractivity contribution < 1.29 is 9.53 Å². The summed E-state index contributed by atoms with van der Waals surface area (Å²) in [6.07, 6.45) is 0. The molecule has 4 aromatic heterocycles. The standard InChI is InChI=1S/C13H12N4O2S.C10H8N4S/c1-19-7-9(18)14-13-15-12-11(20-13)10(16-17-12)8-5-3-2-4-6-8;11-10-12-9-8(15-10)7(13-14-9)6-4-2-1-3-5-6/h2-6H,7H2,1H3,(H2,14,15,16,17,18);1-5H,(H3,11,12,13,14). The number of hydrogen-bond acceptors (Lipinski definition) is 9. The number of nitrogen functional groups attached to an aromatic ring is 1. The van der Waals surface area contributed by atoms with Crippen molar-refractivity contribution in [1.29, 1.82) is 0 Å². The van der Waals surface area contributed by atoms with E-state index in [1.54, 1.807) is 0 Å². The van der Waals surface area contributed by atoms with Crippen molar-refractivity contribution in [1.82, 2.24) is 30.4 Å². The van der Waals surface area contributed by atoms with Crippen molar-refractivity contribution in [3.05, 3.63) is 60.7 Å². The van der Waals surface area contributed by atoms with Crippen LogP contribution in [-0.4, -0.2) is 50.0 Å². The van der Waals surface area contributed by atoms with E-state index in [1.165, 1.54) is 29.8 Å². The molecular formula is C23H20N8O2S2. The Morgan fingerprint density at radius 3 is 2.00 bits per heavy atom. The van der Waals surface area contributed by atoms with Gasteiger partial charge in [0, 0.05) is 18.2 Å². The minimum atomic E-state index is -0.228. The molecule has 0 aliphatic heterocycles. The molecule has 10 nitrogen and oxygen atoms in total. The van der Waals surface area contributed by atoms with Gasteiger partial charge in [-0.25, -0.2) is 0 Å². The summed E-state index contributed by atoms with van der Waals surface area (Å²) < 4.78 is 6.70. The first-order valence-corrected chi connectivity index (χ1v) is 12.1. The van der Waals surface area contributed by atoms with Gasteiger partial charge in [0.05, 0.1) is 11.4 Å². The van der Waals surface area contributed by atoms with Crippen LogP contribution in [0.25, 0.3) is 43.2 Å². The maximum atomic E-state index is 11.5. The van der Waals surface area contributed by atoms with Gasteiger partial charge in [0.1, 0.15) is 16.0 Å². The number of carbonyl (C=O) groups is 1. The monoisotopic (exact) mass is 504 g/mol. The lowest BCUT2D eigenvalue weighted by molar-refractivity contribution is -0.119. The number of nitrogens with one attached hydrogen (secondary N) is 3. The number of thiazole rings is 2. The smallest absolute Gasteiger partial charge is 0.252 e. The third-order valence-corrected chi connectivity index (χ3v) is 6.75. The number of rotatable bonds is 5. The summed E-state index contributed by atoms with van der Waals surface area (Å²) in [4.78, 5) is 19.9. The molecule has 35 heavy (non-hydrogen) atoms. The SMILES string of the molecule is COCC(=O)Nc1nc2n[nH]c(-c3ccccc3)c2s1.Nc1nc2n[nH]c(-c3ccccc3)c2s1. The number of carbonyl (C=O) groups excluding carboxylic acids is 1. The van der Waals surface area contributed by atoms with Crippen LogP contribution in [0.2, 0.25) is 0 Å². The van der Waals surface area contributed by atoms with Gasteiger partial charge in [-0.2, -0.15) is 20.2 Å². The normalized spacial score (nSPS) is 10.9. The molecule has 0 saturated heterocycles. The molecule has 0 unspecified atom stereocenters. The molecule has 0 fully saturated rings. The number of anilines is 2. The Morgan fingerprint density at radius 2 is 1.43 bits per heavy atom. The third kappa shape index (κ3) is 4.89. The molecule has 6 aromatic rings. The Morgan fingerprint density at radius 1 is 0.886 bits per heavy atom. The van der Waals surface area contributed by atoms with Crippen LogP contribution < -0.4 is 11.1 Å². The highest BCUT2D eigenvalue weighted by Gasteiger charge is 2.14. The average Bonchev–Trinajstić information content (AvgIpc) is 3.62. The van der Waals surface area contributed by atoms with Crippen LogP contribution in [0.3, 0.4) is 0 Å². The number of benzene rings is 2. The topological polar surface area (TPSA) is 147 Å². The summed E-state index contributed by atoms with van der Waals surface area (Å²) in [6.45, 7) is 0.00883. The van der Waals surface area contributed by atoms with Gasteiger partial charge in [0.25, 0.3) is 5.91 Å². The van der Waals surface area contributed by atoms with Gasteiger partial charge in [-0.1, -0.05) is 83.3 Å². The van der Waals surface area contributed by atoms with E-state index in [1.807, 2.05) is 60.7 Å². The van der Waals surface area contributed by atoms with E-state index in [4.69, 9.17) is 10.5 Å². The minimum Gasteiger partial charge on any atom is -0.375 e. The highest BCUT2D eigenvalue weighted by Crippen LogP contribution is 2.33. The van der Waals surface area contributed by atoms with Gasteiger partial charge in [-0.05, 0) is 0 Å². The highest BCUT2D eigenvalue weighted by atomic mass is 32.1. The molecule has 6 rings (SSSR count). The predicted octanol–water partition coefficient (Wildman–Crippen LogP) is 4.54. The van der Waals surface area contributed by atoms with E-state index in [0.717, 1.165) is 31.9 Å². The maximum absolute atomic E-state index is 11.5. The fourth-order valence-corrected chi connectivity index (χ4v) is 5.11. The van der Waals surface area contributed by atoms with Crippen LogP contribution in [0.5, 0.6) is 0 Å². The van der Waals surface area contributed by atoms with Crippen LogP contribution in [0.4, 0.5) is 10.3 Å². The van der Waals surface area contributed by atoms with Crippen LogP contribution in [0.1, 0.15) is 0 Å². The number of methoxy groups -OCH3 is 1. The lowest BCUT2D eigenvalue weighted by Crippen LogP contribution is -2.16. The fraction of sp³-hybridized carbons (Fsp3) is 0.0870. The van der Waals surface area contributed by atoms with Crippen LogP contribution in [0, 0.1) is 0 Å². The second kappa shape index (κ2) is 10.0. The van der Waals surface area contributed by atoms with Crippen molar-refractivity contribution in [2.24, 2.45) is 0 Å². The van der Waals surface area contributed by atoms with Crippen LogP contribution in [0.15, 0.2) is 60.7 Å². The molecule has 176 valence electrons. The summed E-state index contributed by atoms with van der Waals surface area (Å²) in [6, 6.07) is 19.9. The quantitative estimate of drug-likeness (QED) is 0.269. The first-order valence-electron chi connectivity index (χ1n) is 10.5. The second-order valence-electron chi connectivity index (χ2n) is 7.29. The average molecular weight is 505 g/mol. The van der Waals surface area contributed by atoms with Gasteiger partial charge >= 0.3 is 0 Å². The van der Waals surface area contributed by atoms with E-state index < -0.39 is 0 Å². The Hall–Kier alpha value is -4.13. The molecule has 0 aliphatic carbocycles.